The molecule has 110 valence electrons. The molecule has 0 amide bonds. The molecule has 6 heteroatoms. The van der Waals surface area contributed by atoms with Gasteiger partial charge in [-0.15, -0.1) is 0 Å². The normalized spacial score (nSPS) is 10.8. The Balaban J connectivity index is 2.35. The van der Waals surface area contributed by atoms with Crippen molar-refractivity contribution in [1.82, 2.24) is 0 Å². The molecule has 1 heterocycles. The Bertz CT molecular complexity index is 958. The van der Waals surface area contributed by atoms with Crippen LogP contribution in [0.1, 0.15) is 5.56 Å². The van der Waals surface area contributed by atoms with E-state index >= 15 is 0 Å². The molecule has 0 bridgehead atoms. The summed E-state index contributed by atoms with van der Waals surface area (Å²) in [6, 6.07) is 10.3. The number of benzene rings is 2. The molecular weight excluding hydrogens is 286 g/mol. The number of nitrogens with zero attached hydrogens (tertiary/aromatic N) is 1. The molecule has 0 radical (unpaired) electrons. The van der Waals surface area contributed by atoms with Crippen molar-refractivity contribution in [2.45, 2.75) is 6.92 Å². The summed E-state index contributed by atoms with van der Waals surface area (Å²) in [6.45, 7) is 1.75. The highest BCUT2D eigenvalue weighted by molar-refractivity contribution is 5.94. The third-order valence-electron chi connectivity index (χ3n) is 3.46. The fraction of sp³-hybridized carbons (Fsp3) is 0.0625. The average Bonchev–Trinajstić information content (AvgIpc) is 2.48. The summed E-state index contributed by atoms with van der Waals surface area (Å²) in [4.78, 5) is 22.1. The minimum atomic E-state index is -0.559. The topological polar surface area (TPSA) is 93.6 Å². The van der Waals surface area contributed by atoms with Crippen molar-refractivity contribution in [2.75, 3.05) is 0 Å². The molecule has 0 aliphatic heterocycles. The Kier molecular flexibility index (Phi) is 3.14. The van der Waals surface area contributed by atoms with Gasteiger partial charge in [-0.3, -0.25) is 10.1 Å². The quantitative estimate of drug-likeness (QED) is 0.444. The molecule has 1 aromatic heterocycles. The van der Waals surface area contributed by atoms with Crippen molar-refractivity contribution in [2.24, 2.45) is 0 Å². The number of nitro benzene ring substituents is 1. The molecule has 0 spiro atoms. The van der Waals surface area contributed by atoms with Crippen molar-refractivity contribution in [3.8, 4) is 16.9 Å². The predicted octanol–water partition coefficient (Wildman–Crippen LogP) is 3.38. The van der Waals surface area contributed by atoms with E-state index in [0.717, 1.165) is 0 Å². The Hall–Kier alpha value is -3.15. The molecular formula is C16H11NO5. The van der Waals surface area contributed by atoms with Gasteiger partial charge < -0.3 is 9.52 Å². The zero-order valence-electron chi connectivity index (χ0n) is 11.6. The number of aryl methyl sites for hydroxylation is 1. The molecule has 0 saturated carbocycles. The lowest BCUT2D eigenvalue weighted by Crippen LogP contribution is -1.99. The number of phenolic OH excluding ortho intramolecular Hbond substituents is 1. The number of hydrogen-bond acceptors (Lipinski definition) is 5. The second-order valence-corrected chi connectivity index (χ2v) is 4.92. The van der Waals surface area contributed by atoms with Gasteiger partial charge >= 0.3 is 5.63 Å². The van der Waals surface area contributed by atoms with E-state index in [-0.39, 0.29) is 17.0 Å². The summed E-state index contributed by atoms with van der Waals surface area (Å²) >= 11 is 0. The predicted molar refractivity (Wildman–Crippen MR) is 81.0 cm³/mol. The summed E-state index contributed by atoms with van der Waals surface area (Å²) in [5.41, 5.74) is 1.36. The number of fused-ring (bicyclic) bond motifs is 1. The molecule has 6 nitrogen and oxygen atoms in total. The highest BCUT2D eigenvalue weighted by Gasteiger charge is 2.13. The maximum absolute atomic E-state index is 11.7. The molecule has 0 aliphatic carbocycles. The van der Waals surface area contributed by atoms with Crippen LogP contribution >= 0.6 is 0 Å². The first-order chi connectivity index (χ1) is 10.5. The van der Waals surface area contributed by atoms with E-state index in [2.05, 4.69) is 0 Å². The number of hydrogen-bond donors (Lipinski definition) is 1. The van der Waals surface area contributed by atoms with Crippen LogP contribution < -0.4 is 5.63 Å². The number of phenols is 1. The van der Waals surface area contributed by atoms with Gasteiger partial charge in [-0.25, -0.2) is 4.79 Å². The second-order valence-electron chi connectivity index (χ2n) is 4.92. The Morgan fingerprint density at radius 2 is 1.91 bits per heavy atom. The summed E-state index contributed by atoms with van der Waals surface area (Å²) in [7, 11) is 0. The van der Waals surface area contributed by atoms with E-state index in [1.165, 1.54) is 30.3 Å². The van der Waals surface area contributed by atoms with Crippen LogP contribution in [0.25, 0.3) is 22.1 Å². The standard InChI is InChI=1S/C16H11NO5/c1-9-2-3-10(6-14(9)18)12-8-16(19)22-15-5-4-11(17(20)21)7-13(12)15/h2-8,18H,1H3. The highest BCUT2D eigenvalue weighted by Crippen LogP contribution is 2.32. The van der Waals surface area contributed by atoms with Crippen molar-refractivity contribution in [3.63, 3.8) is 0 Å². The van der Waals surface area contributed by atoms with Crippen molar-refractivity contribution in [1.29, 1.82) is 0 Å². The van der Waals surface area contributed by atoms with Gasteiger partial charge in [0.2, 0.25) is 0 Å². The molecule has 2 aromatic carbocycles. The van der Waals surface area contributed by atoms with Gasteiger partial charge in [-0.05, 0) is 30.2 Å². The van der Waals surface area contributed by atoms with Crippen molar-refractivity contribution in [3.05, 3.63) is 68.6 Å². The zero-order chi connectivity index (χ0) is 15.9. The monoisotopic (exact) mass is 297 g/mol. The molecule has 0 unspecified atom stereocenters. The van der Waals surface area contributed by atoms with Crippen LogP contribution in [-0.4, -0.2) is 10.0 Å². The Morgan fingerprint density at radius 1 is 1.14 bits per heavy atom. The summed E-state index contributed by atoms with van der Waals surface area (Å²) < 4.78 is 5.07. The van der Waals surface area contributed by atoms with Gasteiger partial charge in [0.25, 0.3) is 5.69 Å². The molecule has 1 N–H and O–H groups in total. The van der Waals surface area contributed by atoms with Gasteiger partial charge in [0, 0.05) is 29.1 Å². The zero-order valence-corrected chi connectivity index (χ0v) is 11.6. The van der Waals surface area contributed by atoms with Gasteiger partial charge in [-0.2, -0.15) is 0 Å². The first-order valence-electron chi connectivity index (χ1n) is 6.48. The van der Waals surface area contributed by atoms with Crippen LogP contribution in [0.3, 0.4) is 0 Å². The Labute approximate surface area is 124 Å². The lowest BCUT2D eigenvalue weighted by atomic mass is 10.00. The largest absolute Gasteiger partial charge is 0.508 e. The Morgan fingerprint density at radius 3 is 2.59 bits per heavy atom. The SMILES string of the molecule is Cc1ccc(-c2cc(=O)oc3ccc([N+](=O)[O-])cc23)cc1O. The first-order valence-corrected chi connectivity index (χ1v) is 6.48. The van der Waals surface area contributed by atoms with Crippen LogP contribution in [0, 0.1) is 17.0 Å². The van der Waals surface area contributed by atoms with Crippen LogP contribution in [0.15, 0.2) is 51.7 Å². The van der Waals surface area contributed by atoms with E-state index in [9.17, 15) is 20.0 Å². The molecule has 0 atom stereocenters. The lowest BCUT2D eigenvalue weighted by molar-refractivity contribution is -0.384. The first kappa shape index (κ1) is 13.8. The fourth-order valence-electron chi connectivity index (χ4n) is 2.28. The third kappa shape index (κ3) is 2.31. The lowest BCUT2D eigenvalue weighted by Gasteiger charge is -2.07. The van der Waals surface area contributed by atoms with Gasteiger partial charge in [0.1, 0.15) is 11.3 Å². The van der Waals surface area contributed by atoms with Crippen molar-refractivity contribution < 1.29 is 14.4 Å². The maximum Gasteiger partial charge on any atom is 0.336 e. The second kappa shape index (κ2) is 5.00. The van der Waals surface area contributed by atoms with Crippen LogP contribution in [0.4, 0.5) is 5.69 Å². The summed E-state index contributed by atoms with van der Waals surface area (Å²) in [6.07, 6.45) is 0. The van der Waals surface area contributed by atoms with E-state index in [0.29, 0.717) is 22.1 Å². The number of rotatable bonds is 2. The highest BCUT2D eigenvalue weighted by atomic mass is 16.6. The van der Waals surface area contributed by atoms with Gasteiger partial charge in [0.15, 0.2) is 0 Å². The van der Waals surface area contributed by atoms with Crippen LogP contribution in [0.2, 0.25) is 0 Å². The van der Waals surface area contributed by atoms with Crippen molar-refractivity contribution >= 4 is 16.7 Å². The van der Waals surface area contributed by atoms with Gasteiger partial charge in [0.05, 0.1) is 4.92 Å². The molecule has 0 fully saturated rings. The summed E-state index contributed by atoms with van der Waals surface area (Å²) in [5, 5.41) is 21.2. The molecule has 22 heavy (non-hydrogen) atoms. The molecule has 3 aromatic rings. The minimum absolute atomic E-state index is 0.0873. The molecule has 0 aliphatic rings. The molecule has 0 saturated heterocycles. The fourth-order valence-corrected chi connectivity index (χ4v) is 2.28. The molecule has 3 rings (SSSR count). The summed E-state index contributed by atoms with van der Waals surface area (Å²) in [5.74, 6) is 0.0873. The average molecular weight is 297 g/mol. The number of aromatic hydroxyl groups is 1. The van der Waals surface area contributed by atoms with E-state index in [4.69, 9.17) is 4.42 Å². The smallest absolute Gasteiger partial charge is 0.336 e. The van der Waals surface area contributed by atoms with Crippen LogP contribution in [-0.2, 0) is 0 Å². The number of nitro groups is 1. The van der Waals surface area contributed by atoms with Crippen LogP contribution in [0.5, 0.6) is 5.75 Å². The maximum atomic E-state index is 11.7. The van der Waals surface area contributed by atoms with Gasteiger partial charge in [-0.1, -0.05) is 12.1 Å². The van der Waals surface area contributed by atoms with E-state index < -0.39 is 10.5 Å². The van der Waals surface area contributed by atoms with E-state index in [1.54, 1.807) is 19.1 Å². The van der Waals surface area contributed by atoms with E-state index in [1.807, 2.05) is 0 Å². The minimum Gasteiger partial charge on any atom is -0.508 e. The third-order valence-corrected chi connectivity index (χ3v) is 3.46. The number of non-ortho nitro benzene ring substituents is 1.